The van der Waals surface area contributed by atoms with Crippen LogP contribution in [-0.4, -0.2) is 28.5 Å². The fraction of sp³-hybridized carbons (Fsp3) is 0.353. The molecule has 1 heterocycles. The van der Waals surface area contributed by atoms with Crippen molar-refractivity contribution in [3.05, 3.63) is 94.1 Å². The zero-order valence-corrected chi connectivity index (χ0v) is 24.1. The first-order chi connectivity index (χ1) is 19.5. The van der Waals surface area contributed by atoms with Gasteiger partial charge in [0.15, 0.2) is 11.6 Å². The number of fused-ring (bicyclic) bond motifs is 4. The number of hydrogen-bond acceptors (Lipinski definition) is 5. The van der Waals surface area contributed by atoms with Gasteiger partial charge in [0.25, 0.3) is 0 Å². The lowest BCUT2D eigenvalue weighted by Crippen LogP contribution is -2.54. The van der Waals surface area contributed by atoms with Crippen molar-refractivity contribution in [3.8, 4) is 5.75 Å². The topological polar surface area (TPSA) is 91.8 Å². The van der Waals surface area contributed by atoms with Crippen LogP contribution in [0.4, 0.5) is 5.69 Å². The number of ketones is 2. The lowest BCUT2D eigenvalue weighted by Gasteiger charge is -2.53. The number of carbonyl (C=O) groups excluding carboxylic acids is 4. The maximum absolute atomic E-state index is 14.1. The molecule has 3 aliphatic carbocycles. The van der Waals surface area contributed by atoms with Gasteiger partial charge in [0.1, 0.15) is 5.75 Å². The summed E-state index contributed by atoms with van der Waals surface area (Å²) in [6.07, 6.45) is 6.15. The molecule has 6 atom stereocenters. The summed E-state index contributed by atoms with van der Waals surface area (Å²) in [6, 6.07) is 10.6. The van der Waals surface area contributed by atoms with E-state index < -0.39 is 35.0 Å². The van der Waals surface area contributed by atoms with Gasteiger partial charge in [0.05, 0.1) is 22.9 Å². The van der Waals surface area contributed by atoms with Crippen molar-refractivity contribution < 1.29 is 24.3 Å². The second-order valence-corrected chi connectivity index (χ2v) is 12.4. The third-order valence-electron chi connectivity index (χ3n) is 9.88. The molecule has 7 heteroatoms. The number of halogens is 1. The van der Waals surface area contributed by atoms with Crippen LogP contribution in [0, 0.1) is 36.0 Å². The normalized spacial score (nSPS) is 30.8. The van der Waals surface area contributed by atoms with Crippen LogP contribution in [0.2, 0.25) is 5.02 Å². The number of allylic oxidation sites excluding steroid dienone is 5. The molecule has 1 aliphatic heterocycles. The van der Waals surface area contributed by atoms with Gasteiger partial charge in [-0.1, -0.05) is 60.5 Å². The van der Waals surface area contributed by atoms with Crippen molar-refractivity contribution in [2.75, 3.05) is 4.90 Å². The van der Waals surface area contributed by atoms with Crippen molar-refractivity contribution in [1.29, 1.82) is 0 Å². The Balaban J connectivity index is 1.51. The first kappa shape index (κ1) is 27.4. The van der Waals surface area contributed by atoms with E-state index in [0.717, 1.165) is 11.1 Å². The number of Topliss-reactive ketones (excluding diaryl/α,β-unsaturated/α-hetero) is 1. The highest BCUT2D eigenvalue weighted by Gasteiger charge is 2.63. The number of imide groups is 1. The summed E-state index contributed by atoms with van der Waals surface area (Å²) < 4.78 is 0. The Bertz CT molecular complexity index is 1620. The number of anilines is 1. The smallest absolute Gasteiger partial charge is 0.238 e. The molecule has 1 saturated heterocycles. The Morgan fingerprint density at radius 2 is 1.85 bits per heavy atom. The van der Waals surface area contributed by atoms with Gasteiger partial charge < -0.3 is 5.11 Å². The van der Waals surface area contributed by atoms with E-state index >= 15 is 0 Å². The Hall–Kier alpha value is -3.77. The minimum atomic E-state index is -1.15. The van der Waals surface area contributed by atoms with E-state index in [4.69, 9.17) is 11.6 Å². The van der Waals surface area contributed by atoms with Gasteiger partial charge in [0.2, 0.25) is 11.8 Å². The van der Waals surface area contributed by atoms with Crippen LogP contribution in [0.3, 0.4) is 0 Å². The van der Waals surface area contributed by atoms with E-state index in [1.165, 1.54) is 11.0 Å². The molecular formula is C34H32ClNO5. The molecule has 41 heavy (non-hydrogen) atoms. The van der Waals surface area contributed by atoms with Crippen LogP contribution >= 0.6 is 11.6 Å². The lowest BCUT2D eigenvalue weighted by atomic mass is 9.47. The van der Waals surface area contributed by atoms with Gasteiger partial charge >= 0.3 is 0 Å². The predicted molar refractivity (Wildman–Crippen MR) is 157 cm³/mol. The summed E-state index contributed by atoms with van der Waals surface area (Å²) in [5.41, 5.74) is 2.59. The SMILES string of the molecule is C=CCc1cccc([C@H]2C3=CC[C@@H]4C(=O)N(c5ccc(C)c(Cl)c5)C(=O)[C@@H]4[C@@H]3C[C@H]3C(=O)C=C(C)C(=O)[C@@]23C)c1O. The van der Waals surface area contributed by atoms with Crippen LogP contribution in [0.25, 0.3) is 0 Å². The number of para-hydroxylation sites is 1. The van der Waals surface area contributed by atoms with Crippen LogP contribution in [0.5, 0.6) is 5.75 Å². The largest absolute Gasteiger partial charge is 0.507 e. The Kier molecular flexibility index (Phi) is 6.46. The molecule has 0 radical (unpaired) electrons. The summed E-state index contributed by atoms with van der Waals surface area (Å²) in [5, 5.41) is 11.9. The molecule has 6 nitrogen and oxygen atoms in total. The van der Waals surface area contributed by atoms with Crippen molar-refractivity contribution in [1.82, 2.24) is 0 Å². The molecule has 0 unspecified atom stereocenters. The third kappa shape index (κ3) is 3.83. The second-order valence-electron chi connectivity index (χ2n) is 12.0. The fourth-order valence-corrected chi connectivity index (χ4v) is 8.05. The Morgan fingerprint density at radius 1 is 1.10 bits per heavy atom. The van der Waals surface area contributed by atoms with Crippen molar-refractivity contribution in [2.45, 2.75) is 46.0 Å². The maximum Gasteiger partial charge on any atom is 0.238 e. The minimum Gasteiger partial charge on any atom is -0.507 e. The molecule has 1 N–H and O–H groups in total. The maximum atomic E-state index is 14.1. The second kappa shape index (κ2) is 9.66. The highest BCUT2D eigenvalue weighted by atomic mass is 35.5. The average molecular weight is 570 g/mol. The molecule has 2 amide bonds. The highest BCUT2D eigenvalue weighted by Crippen LogP contribution is 2.63. The number of phenols is 1. The van der Waals surface area contributed by atoms with Gasteiger partial charge in [-0.2, -0.15) is 0 Å². The van der Waals surface area contributed by atoms with Gasteiger partial charge in [-0.05, 0) is 73.9 Å². The van der Waals surface area contributed by atoms with E-state index in [2.05, 4.69) is 6.58 Å². The predicted octanol–water partition coefficient (Wildman–Crippen LogP) is 6.04. The van der Waals surface area contributed by atoms with Crippen LogP contribution in [0.15, 0.2) is 72.4 Å². The number of hydrogen-bond donors (Lipinski definition) is 1. The van der Waals surface area contributed by atoms with Crippen molar-refractivity contribution in [3.63, 3.8) is 0 Å². The van der Waals surface area contributed by atoms with Gasteiger partial charge in [-0.3, -0.25) is 19.2 Å². The van der Waals surface area contributed by atoms with E-state index in [-0.39, 0.29) is 35.6 Å². The Labute approximate surface area is 244 Å². The molecule has 2 aromatic rings. The first-order valence-corrected chi connectivity index (χ1v) is 14.4. The van der Waals surface area contributed by atoms with E-state index in [1.54, 1.807) is 37.3 Å². The quantitative estimate of drug-likeness (QED) is 0.358. The number of nitrogens with zero attached hydrogens (tertiary/aromatic N) is 1. The molecule has 210 valence electrons. The lowest BCUT2D eigenvalue weighted by molar-refractivity contribution is -0.141. The summed E-state index contributed by atoms with van der Waals surface area (Å²) >= 11 is 6.36. The number of aromatic hydroxyl groups is 1. The molecule has 2 fully saturated rings. The first-order valence-electron chi connectivity index (χ1n) is 14.0. The van der Waals surface area contributed by atoms with Crippen LogP contribution in [0.1, 0.15) is 49.3 Å². The van der Waals surface area contributed by atoms with E-state index in [0.29, 0.717) is 40.3 Å². The molecule has 0 bridgehead atoms. The average Bonchev–Trinajstić information content (AvgIpc) is 3.19. The van der Waals surface area contributed by atoms with Gasteiger partial charge in [-0.25, -0.2) is 4.90 Å². The molecule has 4 aliphatic rings. The standard InChI is InChI=1S/C34H32ClNO5/c1-5-7-19-8-6-9-23(30(19)38)29-21-12-13-22-28(24(21)16-25-27(37)14-18(3)31(39)34(25,29)4)33(41)36(32(22)40)20-11-10-17(2)26(35)15-20/h5-6,8-12,14-15,22,24-25,28-29,38H,1,7,13,16H2,2-4H3/t22-,24+,25-,28-,29+,34+/m0/s1. The number of amides is 2. The molecular weight excluding hydrogens is 538 g/mol. The highest BCUT2D eigenvalue weighted by molar-refractivity contribution is 6.32. The summed E-state index contributed by atoms with van der Waals surface area (Å²) in [5.74, 6) is -3.84. The molecule has 1 saturated carbocycles. The van der Waals surface area contributed by atoms with Gasteiger partial charge in [0, 0.05) is 22.4 Å². The molecule has 2 aromatic carbocycles. The zero-order chi connectivity index (χ0) is 29.4. The fourth-order valence-electron chi connectivity index (χ4n) is 7.88. The number of carbonyl (C=O) groups is 4. The van der Waals surface area contributed by atoms with Crippen molar-refractivity contribution >= 4 is 40.7 Å². The molecule has 0 aromatic heterocycles. The number of rotatable bonds is 4. The minimum absolute atomic E-state index is 0.0678. The summed E-state index contributed by atoms with van der Waals surface area (Å²) in [7, 11) is 0. The van der Waals surface area contributed by atoms with Crippen molar-refractivity contribution in [2.24, 2.45) is 29.1 Å². The molecule has 6 rings (SSSR count). The van der Waals surface area contributed by atoms with Crippen LogP contribution in [-0.2, 0) is 25.6 Å². The molecule has 0 spiro atoms. The van der Waals surface area contributed by atoms with E-state index in [1.807, 2.05) is 32.1 Å². The van der Waals surface area contributed by atoms with Crippen LogP contribution < -0.4 is 4.90 Å². The number of phenolic OH excluding ortho intramolecular Hbond substituents is 1. The van der Waals surface area contributed by atoms with Gasteiger partial charge in [-0.15, -0.1) is 6.58 Å². The Morgan fingerprint density at radius 3 is 2.56 bits per heavy atom. The summed E-state index contributed by atoms with van der Waals surface area (Å²) in [6.45, 7) is 9.14. The van der Waals surface area contributed by atoms with E-state index in [9.17, 15) is 24.3 Å². The number of benzene rings is 2. The number of aryl methyl sites for hydroxylation is 1. The third-order valence-corrected chi connectivity index (χ3v) is 10.3. The zero-order valence-electron chi connectivity index (χ0n) is 23.3. The summed E-state index contributed by atoms with van der Waals surface area (Å²) in [4.78, 5) is 56.6. The monoisotopic (exact) mass is 569 g/mol.